The van der Waals surface area contributed by atoms with Crippen molar-refractivity contribution < 1.29 is 4.42 Å². The summed E-state index contributed by atoms with van der Waals surface area (Å²) in [6.07, 6.45) is 1.51. The van der Waals surface area contributed by atoms with Crippen molar-refractivity contribution in [3.63, 3.8) is 0 Å². The lowest BCUT2D eigenvalue weighted by molar-refractivity contribution is 0.545. The maximum Gasteiger partial charge on any atom is 0.181 e. The number of thiophene rings is 1. The normalized spacial score (nSPS) is 11.2. The van der Waals surface area contributed by atoms with E-state index in [1.165, 1.54) is 6.39 Å². The largest absolute Gasteiger partial charge is 0.443 e. The second-order valence-corrected chi connectivity index (χ2v) is 4.94. The van der Waals surface area contributed by atoms with Crippen molar-refractivity contribution >= 4 is 11.3 Å². The van der Waals surface area contributed by atoms with Crippen LogP contribution in [0.4, 0.5) is 0 Å². The minimum Gasteiger partial charge on any atom is -0.443 e. The van der Waals surface area contributed by atoms with E-state index < -0.39 is 0 Å². The predicted molar refractivity (Wildman–Crippen MR) is 66.4 cm³/mol. The summed E-state index contributed by atoms with van der Waals surface area (Å²) in [4.78, 5) is 4.24. The third-order valence-corrected chi connectivity index (χ3v) is 2.95. The van der Waals surface area contributed by atoms with E-state index in [0.717, 1.165) is 30.1 Å². The number of aromatic nitrogens is 1. The molecule has 1 N–H and O–H groups in total. The highest BCUT2D eigenvalue weighted by Crippen LogP contribution is 2.25. The van der Waals surface area contributed by atoms with Gasteiger partial charge < -0.3 is 9.73 Å². The first-order valence-corrected chi connectivity index (χ1v) is 6.37. The van der Waals surface area contributed by atoms with Gasteiger partial charge in [0.2, 0.25) is 0 Å². The standard InChI is InChI=1S/C12H16N2OS/c1-9(2)5-13-6-11-12(15-8-14-11)10-3-4-16-7-10/h3-4,7-9,13H,5-6H2,1-2H3. The summed E-state index contributed by atoms with van der Waals surface area (Å²) in [6.45, 7) is 6.14. The Morgan fingerprint density at radius 1 is 1.50 bits per heavy atom. The van der Waals surface area contributed by atoms with Gasteiger partial charge in [-0.1, -0.05) is 13.8 Å². The third kappa shape index (κ3) is 2.71. The van der Waals surface area contributed by atoms with Crippen molar-refractivity contribution in [1.29, 1.82) is 0 Å². The molecule has 0 spiro atoms. The highest BCUT2D eigenvalue weighted by molar-refractivity contribution is 7.08. The van der Waals surface area contributed by atoms with Crippen molar-refractivity contribution in [2.24, 2.45) is 5.92 Å². The maximum absolute atomic E-state index is 5.42. The molecule has 0 amide bonds. The molecule has 86 valence electrons. The van der Waals surface area contributed by atoms with E-state index >= 15 is 0 Å². The zero-order valence-electron chi connectivity index (χ0n) is 9.56. The fraction of sp³-hybridized carbons (Fsp3) is 0.417. The summed E-state index contributed by atoms with van der Waals surface area (Å²) >= 11 is 1.67. The molecule has 0 radical (unpaired) electrons. The van der Waals surface area contributed by atoms with Crippen LogP contribution < -0.4 is 5.32 Å². The first-order valence-electron chi connectivity index (χ1n) is 5.43. The first-order chi connectivity index (χ1) is 7.77. The molecule has 0 saturated heterocycles. The lowest BCUT2D eigenvalue weighted by Crippen LogP contribution is -2.19. The van der Waals surface area contributed by atoms with Gasteiger partial charge in [0.25, 0.3) is 0 Å². The molecule has 2 aromatic rings. The van der Waals surface area contributed by atoms with Crippen LogP contribution in [-0.4, -0.2) is 11.5 Å². The van der Waals surface area contributed by atoms with Crippen molar-refractivity contribution in [2.45, 2.75) is 20.4 Å². The average Bonchev–Trinajstić information content (AvgIpc) is 2.84. The minimum atomic E-state index is 0.650. The highest BCUT2D eigenvalue weighted by Gasteiger charge is 2.10. The molecule has 0 atom stereocenters. The smallest absolute Gasteiger partial charge is 0.181 e. The van der Waals surface area contributed by atoms with Gasteiger partial charge in [-0.2, -0.15) is 11.3 Å². The Morgan fingerprint density at radius 2 is 2.38 bits per heavy atom. The van der Waals surface area contributed by atoms with Gasteiger partial charge in [0, 0.05) is 17.5 Å². The minimum absolute atomic E-state index is 0.650. The van der Waals surface area contributed by atoms with E-state index in [1.807, 2.05) is 5.38 Å². The Morgan fingerprint density at radius 3 is 3.06 bits per heavy atom. The molecule has 0 aromatic carbocycles. The number of nitrogens with one attached hydrogen (secondary N) is 1. The van der Waals surface area contributed by atoms with Gasteiger partial charge in [-0.25, -0.2) is 4.98 Å². The Kier molecular flexibility index (Phi) is 3.74. The molecular weight excluding hydrogens is 220 g/mol. The molecule has 3 nitrogen and oxygen atoms in total. The van der Waals surface area contributed by atoms with E-state index in [-0.39, 0.29) is 0 Å². The van der Waals surface area contributed by atoms with Crippen molar-refractivity contribution in [3.8, 4) is 11.3 Å². The summed E-state index contributed by atoms with van der Waals surface area (Å²) in [5.41, 5.74) is 2.10. The summed E-state index contributed by atoms with van der Waals surface area (Å²) < 4.78 is 5.42. The highest BCUT2D eigenvalue weighted by atomic mass is 32.1. The summed E-state index contributed by atoms with van der Waals surface area (Å²) in [6, 6.07) is 2.05. The Labute approximate surface area is 99.5 Å². The van der Waals surface area contributed by atoms with Crippen LogP contribution in [0, 0.1) is 5.92 Å². The van der Waals surface area contributed by atoms with Crippen LogP contribution >= 0.6 is 11.3 Å². The second kappa shape index (κ2) is 5.27. The molecule has 0 aliphatic heterocycles. The van der Waals surface area contributed by atoms with E-state index in [0.29, 0.717) is 5.92 Å². The van der Waals surface area contributed by atoms with Crippen LogP contribution in [0.15, 0.2) is 27.6 Å². The van der Waals surface area contributed by atoms with Crippen molar-refractivity contribution in [1.82, 2.24) is 10.3 Å². The molecule has 0 unspecified atom stereocenters. The van der Waals surface area contributed by atoms with E-state index in [9.17, 15) is 0 Å². The average molecular weight is 236 g/mol. The molecule has 2 rings (SSSR count). The van der Waals surface area contributed by atoms with Crippen LogP contribution in [0.2, 0.25) is 0 Å². The number of rotatable bonds is 5. The maximum atomic E-state index is 5.42. The second-order valence-electron chi connectivity index (χ2n) is 4.16. The van der Waals surface area contributed by atoms with Gasteiger partial charge in [-0.3, -0.25) is 0 Å². The molecule has 2 heterocycles. The first kappa shape index (κ1) is 11.4. The monoisotopic (exact) mass is 236 g/mol. The molecule has 0 fully saturated rings. The number of hydrogen-bond acceptors (Lipinski definition) is 4. The predicted octanol–water partition coefficient (Wildman–Crippen LogP) is 3.15. The van der Waals surface area contributed by atoms with Crippen LogP contribution in [0.1, 0.15) is 19.5 Å². The lowest BCUT2D eigenvalue weighted by atomic mass is 10.2. The SMILES string of the molecule is CC(C)CNCc1ncoc1-c1ccsc1. The van der Waals surface area contributed by atoms with Crippen molar-refractivity contribution in [3.05, 3.63) is 28.9 Å². The molecule has 4 heteroatoms. The van der Waals surface area contributed by atoms with Gasteiger partial charge in [-0.05, 0) is 23.9 Å². The van der Waals surface area contributed by atoms with Gasteiger partial charge in [0.05, 0.1) is 0 Å². The van der Waals surface area contributed by atoms with Crippen molar-refractivity contribution in [2.75, 3.05) is 6.54 Å². The number of nitrogens with zero attached hydrogens (tertiary/aromatic N) is 1. The van der Waals surface area contributed by atoms with Gasteiger partial charge in [0.1, 0.15) is 5.69 Å². The number of hydrogen-bond donors (Lipinski definition) is 1. The van der Waals surface area contributed by atoms with Gasteiger partial charge in [0.15, 0.2) is 12.2 Å². The number of oxazole rings is 1. The fourth-order valence-electron chi connectivity index (χ4n) is 1.50. The molecule has 16 heavy (non-hydrogen) atoms. The Bertz CT molecular complexity index is 420. The molecule has 0 aliphatic rings. The van der Waals surface area contributed by atoms with Gasteiger partial charge >= 0.3 is 0 Å². The van der Waals surface area contributed by atoms with Gasteiger partial charge in [-0.15, -0.1) is 0 Å². The topological polar surface area (TPSA) is 38.1 Å². The summed E-state index contributed by atoms with van der Waals surface area (Å²) in [7, 11) is 0. The molecule has 0 saturated carbocycles. The summed E-state index contributed by atoms with van der Waals surface area (Å²) in [5.74, 6) is 1.54. The molecule has 0 aliphatic carbocycles. The zero-order valence-corrected chi connectivity index (χ0v) is 10.4. The van der Waals surface area contributed by atoms with E-state index in [1.54, 1.807) is 11.3 Å². The van der Waals surface area contributed by atoms with E-state index in [4.69, 9.17) is 4.42 Å². The zero-order chi connectivity index (χ0) is 11.4. The lowest BCUT2D eigenvalue weighted by Gasteiger charge is -2.05. The molecule has 2 aromatic heterocycles. The Hall–Kier alpha value is -1.13. The van der Waals surface area contributed by atoms with Crippen LogP contribution in [-0.2, 0) is 6.54 Å². The molecule has 0 bridgehead atoms. The summed E-state index contributed by atoms with van der Waals surface area (Å²) in [5, 5.41) is 7.49. The third-order valence-electron chi connectivity index (χ3n) is 2.27. The Balaban J connectivity index is 2.03. The van der Waals surface area contributed by atoms with Crippen LogP contribution in [0.5, 0.6) is 0 Å². The fourth-order valence-corrected chi connectivity index (χ4v) is 2.14. The van der Waals surface area contributed by atoms with Crippen LogP contribution in [0.3, 0.4) is 0 Å². The van der Waals surface area contributed by atoms with Crippen LogP contribution in [0.25, 0.3) is 11.3 Å². The quantitative estimate of drug-likeness (QED) is 0.866. The van der Waals surface area contributed by atoms with E-state index in [2.05, 4.69) is 35.6 Å². The molecular formula is C12H16N2OS.